The lowest BCUT2D eigenvalue weighted by molar-refractivity contribution is -0.121. The SMILES string of the molecule is O=C(Nc1ccccc1C(=O)N1CCCCC1)C1CCCN(Cc2nc(-c3ccc(Cl)cc3)no2)C1. The van der Waals surface area contributed by atoms with Gasteiger partial charge in [0.15, 0.2) is 0 Å². The molecule has 36 heavy (non-hydrogen) atoms. The second-order valence-corrected chi connectivity index (χ2v) is 9.92. The summed E-state index contributed by atoms with van der Waals surface area (Å²) in [6.07, 6.45) is 4.90. The molecule has 1 unspecified atom stereocenters. The number of piperidine rings is 2. The Balaban J connectivity index is 1.21. The van der Waals surface area contributed by atoms with E-state index in [0.29, 0.717) is 41.1 Å². The van der Waals surface area contributed by atoms with Gasteiger partial charge in [-0.15, -0.1) is 0 Å². The Morgan fingerprint density at radius 2 is 1.78 bits per heavy atom. The standard InChI is InChI=1S/C27H30ClN5O3/c28-21-12-10-19(11-13-21)25-30-24(36-31-25)18-32-14-6-7-20(17-32)26(34)29-23-9-3-2-8-22(23)27(35)33-15-4-1-5-16-33/h2-3,8-13,20H,1,4-7,14-18H2,(H,29,34). The van der Waals surface area contributed by atoms with Crippen LogP contribution < -0.4 is 5.32 Å². The van der Waals surface area contributed by atoms with Crippen molar-refractivity contribution < 1.29 is 14.1 Å². The first-order valence-corrected chi connectivity index (χ1v) is 12.9. The van der Waals surface area contributed by atoms with Crippen molar-refractivity contribution in [2.45, 2.75) is 38.6 Å². The Kier molecular flexibility index (Phi) is 7.63. The number of hydrogen-bond acceptors (Lipinski definition) is 6. The van der Waals surface area contributed by atoms with Crippen molar-refractivity contribution in [2.24, 2.45) is 5.92 Å². The molecular weight excluding hydrogens is 478 g/mol. The highest BCUT2D eigenvalue weighted by molar-refractivity contribution is 6.30. The predicted octanol–water partition coefficient (Wildman–Crippen LogP) is 4.87. The Morgan fingerprint density at radius 3 is 2.58 bits per heavy atom. The smallest absolute Gasteiger partial charge is 0.255 e. The number of para-hydroxylation sites is 1. The zero-order valence-electron chi connectivity index (χ0n) is 20.2. The van der Waals surface area contributed by atoms with Crippen LogP contribution in [0.4, 0.5) is 5.69 Å². The molecule has 2 aliphatic heterocycles. The van der Waals surface area contributed by atoms with Gasteiger partial charge in [0.2, 0.25) is 17.6 Å². The average molecular weight is 508 g/mol. The summed E-state index contributed by atoms with van der Waals surface area (Å²) in [6.45, 7) is 3.47. The van der Waals surface area contributed by atoms with Crippen LogP contribution in [0.2, 0.25) is 5.02 Å². The van der Waals surface area contributed by atoms with Crippen molar-refractivity contribution >= 4 is 29.1 Å². The van der Waals surface area contributed by atoms with Crippen LogP contribution in [0.25, 0.3) is 11.4 Å². The second kappa shape index (κ2) is 11.2. The molecule has 8 nitrogen and oxygen atoms in total. The predicted molar refractivity (Wildman–Crippen MR) is 138 cm³/mol. The third-order valence-corrected chi connectivity index (χ3v) is 7.12. The van der Waals surface area contributed by atoms with E-state index in [1.165, 1.54) is 0 Å². The van der Waals surface area contributed by atoms with Gasteiger partial charge >= 0.3 is 0 Å². The van der Waals surface area contributed by atoms with Crippen molar-refractivity contribution in [1.29, 1.82) is 0 Å². The van der Waals surface area contributed by atoms with Crippen LogP contribution in [0, 0.1) is 5.92 Å². The molecule has 1 N–H and O–H groups in total. The number of carbonyl (C=O) groups is 2. The monoisotopic (exact) mass is 507 g/mol. The summed E-state index contributed by atoms with van der Waals surface area (Å²) in [7, 11) is 0. The van der Waals surface area contributed by atoms with Crippen LogP contribution in [-0.2, 0) is 11.3 Å². The molecule has 3 aromatic rings. The summed E-state index contributed by atoms with van der Waals surface area (Å²) < 4.78 is 5.46. The number of nitrogens with one attached hydrogen (secondary N) is 1. The number of hydrogen-bond donors (Lipinski definition) is 1. The molecule has 188 valence electrons. The quantitative estimate of drug-likeness (QED) is 0.512. The molecule has 2 saturated heterocycles. The van der Waals surface area contributed by atoms with Gasteiger partial charge in [-0.3, -0.25) is 14.5 Å². The van der Waals surface area contributed by atoms with Crippen LogP contribution in [0.1, 0.15) is 48.4 Å². The van der Waals surface area contributed by atoms with Gasteiger partial charge in [-0.1, -0.05) is 28.9 Å². The van der Waals surface area contributed by atoms with Crippen LogP contribution in [0.15, 0.2) is 53.1 Å². The Morgan fingerprint density at radius 1 is 1.00 bits per heavy atom. The van der Waals surface area contributed by atoms with E-state index in [4.69, 9.17) is 16.1 Å². The number of halogens is 1. The largest absolute Gasteiger partial charge is 0.339 e. The third-order valence-electron chi connectivity index (χ3n) is 6.86. The molecule has 2 amide bonds. The minimum Gasteiger partial charge on any atom is -0.339 e. The Labute approximate surface area is 215 Å². The summed E-state index contributed by atoms with van der Waals surface area (Å²) in [4.78, 5) is 34.9. The maximum absolute atomic E-state index is 13.2. The van der Waals surface area contributed by atoms with Gasteiger partial charge in [0.05, 0.1) is 23.7 Å². The lowest BCUT2D eigenvalue weighted by atomic mass is 9.96. The van der Waals surface area contributed by atoms with Crippen LogP contribution in [0.3, 0.4) is 0 Å². The van der Waals surface area contributed by atoms with E-state index >= 15 is 0 Å². The van der Waals surface area contributed by atoms with Gasteiger partial charge in [-0.05, 0) is 75.0 Å². The van der Waals surface area contributed by atoms with E-state index in [9.17, 15) is 9.59 Å². The highest BCUT2D eigenvalue weighted by Gasteiger charge is 2.28. The van der Waals surface area contributed by atoms with Crippen molar-refractivity contribution in [3.05, 3.63) is 65.0 Å². The molecule has 0 saturated carbocycles. The van der Waals surface area contributed by atoms with Crippen LogP contribution in [-0.4, -0.2) is 57.9 Å². The number of benzene rings is 2. The molecule has 1 atom stereocenters. The summed E-state index contributed by atoms with van der Waals surface area (Å²) in [5.41, 5.74) is 1.98. The molecule has 0 spiro atoms. The molecule has 0 radical (unpaired) electrons. The molecule has 0 aliphatic carbocycles. The zero-order valence-corrected chi connectivity index (χ0v) is 20.9. The van der Waals surface area contributed by atoms with E-state index in [1.807, 2.05) is 35.2 Å². The minimum absolute atomic E-state index is 0.0104. The lowest BCUT2D eigenvalue weighted by Crippen LogP contribution is -2.40. The molecule has 2 aliphatic rings. The van der Waals surface area contributed by atoms with E-state index in [1.54, 1.807) is 18.2 Å². The van der Waals surface area contributed by atoms with E-state index in [0.717, 1.165) is 57.3 Å². The molecule has 9 heteroatoms. The number of aromatic nitrogens is 2. The topological polar surface area (TPSA) is 91.6 Å². The molecule has 1 aromatic heterocycles. The first-order valence-electron chi connectivity index (χ1n) is 12.6. The molecular formula is C27H30ClN5O3. The van der Waals surface area contributed by atoms with Crippen LogP contribution >= 0.6 is 11.6 Å². The number of amides is 2. The normalized spacial score (nSPS) is 18.7. The first-order chi connectivity index (χ1) is 17.6. The number of anilines is 1. The molecule has 5 rings (SSSR count). The molecule has 2 aromatic carbocycles. The van der Waals surface area contributed by atoms with Gasteiger partial charge in [0, 0.05) is 30.2 Å². The van der Waals surface area contributed by atoms with Crippen molar-refractivity contribution in [1.82, 2.24) is 19.9 Å². The molecule has 3 heterocycles. The summed E-state index contributed by atoms with van der Waals surface area (Å²) in [5.74, 6) is 0.770. The highest BCUT2D eigenvalue weighted by atomic mass is 35.5. The van der Waals surface area contributed by atoms with Crippen LogP contribution in [0.5, 0.6) is 0 Å². The number of rotatable bonds is 6. The van der Waals surface area contributed by atoms with Gasteiger partial charge in [-0.2, -0.15) is 4.98 Å². The third kappa shape index (κ3) is 5.77. The maximum Gasteiger partial charge on any atom is 0.255 e. The van der Waals surface area contributed by atoms with Gasteiger partial charge < -0.3 is 14.7 Å². The van der Waals surface area contributed by atoms with Gasteiger partial charge in [-0.25, -0.2) is 0 Å². The lowest BCUT2D eigenvalue weighted by Gasteiger charge is -2.31. The average Bonchev–Trinajstić information content (AvgIpc) is 3.38. The van der Waals surface area contributed by atoms with Crippen molar-refractivity contribution in [3.8, 4) is 11.4 Å². The fraction of sp³-hybridized carbons (Fsp3) is 0.407. The second-order valence-electron chi connectivity index (χ2n) is 9.48. The molecule has 0 bridgehead atoms. The van der Waals surface area contributed by atoms with Crippen molar-refractivity contribution in [3.63, 3.8) is 0 Å². The summed E-state index contributed by atoms with van der Waals surface area (Å²) >= 11 is 5.96. The fourth-order valence-corrected chi connectivity index (χ4v) is 5.05. The van der Waals surface area contributed by atoms with Gasteiger partial charge in [0.1, 0.15) is 0 Å². The number of carbonyl (C=O) groups excluding carboxylic acids is 2. The first kappa shape index (κ1) is 24.5. The summed E-state index contributed by atoms with van der Waals surface area (Å²) in [5, 5.41) is 7.78. The minimum atomic E-state index is -0.185. The van der Waals surface area contributed by atoms with Crippen molar-refractivity contribution in [2.75, 3.05) is 31.5 Å². The summed E-state index contributed by atoms with van der Waals surface area (Å²) in [6, 6.07) is 14.6. The van der Waals surface area contributed by atoms with E-state index in [2.05, 4.69) is 20.4 Å². The fourth-order valence-electron chi connectivity index (χ4n) is 4.92. The maximum atomic E-state index is 13.2. The molecule has 2 fully saturated rings. The highest BCUT2D eigenvalue weighted by Crippen LogP contribution is 2.25. The Hall–Kier alpha value is -3.23. The van der Waals surface area contributed by atoms with E-state index < -0.39 is 0 Å². The van der Waals surface area contributed by atoms with Gasteiger partial charge in [0.25, 0.3) is 5.91 Å². The van der Waals surface area contributed by atoms with E-state index in [-0.39, 0.29) is 17.7 Å². The Bertz CT molecular complexity index is 1210. The zero-order chi connectivity index (χ0) is 24.9. The number of nitrogens with zero attached hydrogens (tertiary/aromatic N) is 4. The number of likely N-dealkylation sites (tertiary alicyclic amines) is 2.